The number of carboxylic acid groups (broad SMARTS) is 1. The van der Waals surface area contributed by atoms with Crippen LogP contribution in [0.25, 0.3) is 17.4 Å². The molecule has 3 aromatic rings. The van der Waals surface area contributed by atoms with Gasteiger partial charge in [-0.25, -0.2) is 9.18 Å². The Kier molecular flexibility index (Phi) is 5.84. The van der Waals surface area contributed by atoms with Crippen LogP contribution in [0, 0.1) is 12.7 Å². The minimum Gasteiger partial charge on any atom is -0.478 e. The molecule has 0 unspecified atom stereocenters. The lowest BCUT2D eigenvalue weighted by Gasteiger charge is -2.28. The van der Waals surface area contributed by atoms with Crippen molar-refractivity contribution >= 4 is 58.5 Å². The van der Waals surface area contributed by atoms with E-state index in [1.165, 1.54) is 24.3 Å². The van der Waals surface area contributed by atoms with E-state index in [0.717, 1.165) is 11.0 Å². The summed E-state index contributed by atoms with van der Waals surface area (Å²) in [5, 5.41) is 11.4. The third-order valence-corrected chi connectivity index (χ3v) is 5.58. The van der Waals surface area contributed by atoms with Crippen molar-refractivity contribution in [1.82, 2.24) is 5.32 Å². The summed E-state index contributed by atoms with van der Waals surface area (Å²) in [6, 6.07) is 11.5. The number of carbonyl (C=O) groups is 3. The maximum absolute atomic E-state index is 13.5. The van der Waals surface area contributed by atoms with Crippen LogP contribution in [0.3, 0.4) is 0 Å². The molecule has 1 aliphatic rings. The second-order valence-corrected chi connectivity index (χ2v) is 7.84. The Morgan fingerprint density at radius 3 is 2.67 bits per heavy atom. The monoisotopic (exact) mass is 484 g/mol. The number of carbonyl (C=O) groups excluding carboxylic acids is 2. The molecule has 2 heterocycles. The van der Waals surface area contributed by atoms with Gasteiger partial charge >= 0.3 is 5.97 Å². The number of furan rings is 1. The van der Waals surface area contributed by atoms with E-state index in [9.17, 15) is 23.9 Å². The number of nitrogens with zero attached hydrogens (tertiary/aromatic N) is 1. The minimum absolute atomic E-state index is 0.132. The van der Waals surface area contributed by atoms with Crippen LogP contribution >= 0.6 is 23.8 Å². The highest BCUT2D eigenvalue weighted by Gasteiger charge is 2.35. The lowest BCUT2D eigenvalue weighted by Crippen LogP contribution is -2.54. The number of hydrogen-bond donors (Lipinski definition) is 2. The highest BCUT2D eigenvalue weighted by atomic mass is 35.5. The first-order valence-electron chi connectivity index (χ1n) is 9.47. The van der Waals surface area contributed by atoms with Crippen molar-refractivity contribution in [2.75, 3.05) is 4.90 Å². The van der Waals surface area contributed by atoms with Crippen LogP contribution in [0.4, 0.5) is 10.1 Å². The first-order chi connectivity index (χ1) is 15.7. The largest absolute Gasteiger partial charge is 0.478 e. The van der Waals surface area contributed by atoms with E-state index >= 15 is 0 Å². The Balaban J connectivity index is 1.70. The third-order valence-electron chi connectivity index (χ3n) is 5.01. The Morgan fingerprint density at radius 1 is 1.21 bits per heavy atom. The number of nitrogens with one attached hydrogen (secondary N) is 1. The van der Waals surface area contributed by atoms with Crippen LogP contribution in [0.5, 0.6) is 0 Å². The van der Waals surface area contributed by atoms with Crippen molar-refractivity contribution in [1.29, 1.82) is 0 Å². The van der Waals surface area contributed by atoms with Crippen LogP contribution < -0.4 is 10.2 Å². The van der Waals surface area contributed by atoms with E-state index in [4.69, 9.17) is 28.2 Å². The number of carboxylic acids is 1. The smallest absolute Gasteiger partial charge is 0.335 e. The van der Waals surface area contributed by atoms with Gasteiger partial charge in [-0.1, -0.05) is 23.7 Å². The highest BCUT2D eigenvalue weighted by Crippen LogP contribution is 2.30. The molecule has 0 spiro atoms. The molecular formula is C23H14ClFN2O5S. The summed E-state index contributed by atoms with van der Waals surface area (Å²) in [4.78, 5) is 37.9. The fourth-order valence-corrected chi connectivity index (χ4v) is 3.82. The molecule has 2 amide bonds. The normalized spacial score (nSPS) is 15.2. The molecule has 0 radical (unpaired) electrons. The predicted octanol–water partition coefficient (Wildman–Crippen LogP) is 4.58. The van der Waals surface area contributed by atoms with E-state index in [0.29, 0.717) is 16.9 Å². The molecule has 0 aliphatic carbocycles. The lowest BCUT2D eigenvalue weighted by atomic mass is 10.0. The van der Waals surface area contributed by atoms with Gasteiger partial charge in [0.15, 0.2) is 5.11 Å². The summed E-state index contributed by atoms with van der Waals surface area (Å²) in [6.07, 6.45) is 1.25. The molecule has 2 N–H and O–H groups in total. The molecule has 7 nitrogen and oxygen atoms in total. The van der Waals surface area contributed by atoms with Crippen LogP contribution in [-0.2, 0) is 9.59 Å². The average molecular weight is 485 g/mol. The summed E-state index contributed by atoms with van der Waals surface area (Å²) in [7, 11) is 0. The lowest BCUT2D eigenvalue weighted by molar-refractivity contribution is -0.122. The van der Waals surface area contributed by atoms with Crippen LogP contribution in [0.2, 0.25) is 5.02 Å². The zero-order valence-electron chi connectivity index (χ0n) is 16.9. The Bertz CT molecular complexity index is 1380. The molecular weight excluding hydrogens is 471 g/mol. The zero-order chi connectivity index (χ0) is 23.9. The quantitative estimate of drug-likeness (QED) is 0.319. The van der Waals surface area contributed by atoms with Gasteiger partial charge in [-0.05, 0) is 67.2 Å². The molecule has 1 fully saturated rings. The standard InChI is InChI=1S/C23H14ClFN2O5S/c1-11-14(3-2-4-15(11)22(30)31)19-8-6-13(32-19)10-16-20(28)26-23(33)27(21(16)29)12-5-7-18(25)17(24)9-12/h2-10H,1H3,(H,30,31)(H,26,28,33)/b16-10+. The fraction of sp³-hybridized carbons (Fsp3) is 0.0435. The molecule has 33 heavy (non-hydrogen) atoms. The van der Waals surface area contributed by atoms with Gasteiger partial charge in [0.2, 0.25) is 0 Å². The van der Waals surface area contributed by atoms with Gasteiger partial charge < -0.3 is 9.52 Å². The number of thiocarbonyl (C=S) groups is 1. The minimum atomic E-state index is -1.07. The molecule has 1 aromatic heterocycles. The van der Waals surface area contributed by atoms with E-state index in [2.05, 4.69) is 5.32 Å². The third kappa shape index (κ3) is 4.15. The molecule has 0 bridgehead atoms. The Morgan fingerprint density at radius 2 is 1.97 bits per heavy atom. The van der Waals surface area contributed by atoms with Crippen molar-refractivity contribution < 1.29 is 28.3 Å². The Labute approximate surface area is 197 Å². The van der Waals surface area contributed by atoms with E-state index in [1.807, 2.05) is 0 Å². The SMILES string of the molecule is Cc1c(C(=O)O)cccc1-c1ccc(/C=C2\C(=O)NC(=S)N(c3ccc(F)c(Cl)c3)C2=O)o1. The number of aromatic carboxylic acids is 1. The first-order valence-corrected chi connectivity index (χ1v) is 10.3. The van der Waals surface area contributed by atoms with Gasteiger partial charge in [0, 0.05) is 5.56 Å². The number of hydrogen-bond acceptors (Lipinski definition) is 5. The maximum Gasteiger partial charge on any atom is 0.335 e. The molecule has 2 aromatic carbocycles. The molecule has 166 valence electrons. The van der Waals surface area contributed by atoms with E-state index in [1.54, 1.807) is 31.2 Å². The predicted molar refractivity (Wildman–Crippen MR) is 123 cm³/mol. The molecule has 0 saturated carbocycles. The van der Waals surface area contributed by atoms with Gasteiger partial charge in [-0.3, -0.25) is 19.8 Å². The number of halogens is 2. The van der Waals surface area contributed by atoms with E-state index in [-0.39, 0.29) is 32.7 Å². The number of amides is 2. The summed E-state index contributed by atoms with van der Waals surface area (Å²) < 4.78 is 19.3. The number of rotatable bonds is 4. The zero-order valence-corrected chi connectivity index (χ0v) is 18.5. The average Bonchev–Trinajstić information content (AvgIpc) is 3.22. The van der Waals surface area contributed by atoms with Crippen molar-refractivity contribution in [2.45, 2.75) is 6.92 Å². The van der Waals surface area contributed by atoms with Crippen LogP contribution in [-0.4, -0.2) is 28.0 Å². The van der Waals surface area contributed by atoms with Crippen molar-refractivity contribution in [3.05, 3.63) is 81.8 Å². The van der Waals surface area contributed by atoms with Crippen molar-refractivity contribution in [3.63, 3.8) is 0 Å². The van der Waals surface area contributed by atoms with Gasteiger partial charge in [0.1, 0.15) is 22.9 Å². The van der Waals surface area contributed by atoms with E-state index < -0.39 is 23.6 Å². The van der Waals surface area contributed by atoms with Gasteiger partial charge in [-0.15, -0.1) is 0 Å². The second kappa shape index (κ2) is 8.61. The highest BCUT2D eigenvalue weighted by molar-refractivity contribution is 7.80. The second-order valence-electron chi connectivity index (χ2n) is 7.04. The molecule has 4 rings (SSSR count). The molecule has 1 saturated heterocycles. The van der Waals surface area contributed by atoms with Crippen molar-refractivity contribution in [3.8, 4) is 11.3 Å². The van der Waals surface area contributed by atoms with Gasteiger partial charge in [0.05, 0.1) is 16.3 Å². The molecule has 0 atom stereocenters. The van der Waals surface area contributed by atoms with Crippen LogP contribution in [0.1, 0.15) is 21.7 Å². The van der Waals surface area contributed by atoms with Gasteiger partial charge in [-0.2, -0.15) is 0 Å². The van der Waals surface area contributed by atoms with Crippen LogP contribution in [0.15, 0.2) is 58.5 Å². The number of anilines is 1. The van der Waals surface area contributed by atoms with Gasteiger partial charge in [0.25, 0.3) is 11.8 Å². The summed E-state index contributed by atoms with van der Waals surface area (Å²) in [5.74, 6) is -2.65. The molecule has 10 heteroatoms. The van der Waals surface area contributed by atoms with Crippen molar-refractivity contribution in [2.24, 2.45) is 0 Å². The first kappa shape index (κ1) is 22.4. The summed E-state index contributed by atoms with van der Waals surface area (Å²) >= 11 is 10.9. The number of benzene rings is 2. The molecule has 1 aliphatic heterocycles. The summed E-state index contributed by atoms with van der Waals surface area (Å²) in [5.41, 5.74) is 1.12. The maximum atomic E-state index is 13.5. The summed E-state index contributed by atoms with van der Waals surface area (Å²) in [6.45, 7) is 1.66. The fourth-order valence-electron chi connectivity index (χ4n) is 3.37. The Hall–Kier alpha value is -3.82. The topological polar surface area (TPSA) is 99.8 Å².